The first kappa shape index (κ1) is 14.5. The number of carbonyl (C=O) groups excluding carboxylic acids is 1. The number of aromatic nitrogens is 1. The number of carbonyl (C=O) groups is 1. The van der Waals surface area contributed by atoms with Gasteiger partial charge >= 0.3 is 0 Å². The molecule has 0 aliphatic carbocycles. The van der Waals surface area contributed by atoms with Crippen molar-refractivity contribution in [3.8, 4) is 0 Å². The second kappa shape index (κ2) is 6.98. The van der Waals surface area contributed by atoms with Crippen molar-refractivity contribution in [2.75, 3.05) is 12.0 Å². The molecule has 0 aliphatic heterocycles. The molecule has 0 saturated heterocycles. The number of rotatable bonds is 6. The topological polar surface area (TPSA) is 68.0 Å². The first-order valence-corrected chi connectivity index (χ1v) is 7.73. The Hall–Kier alpha value is -0.590. The molecule has 17 heavy (non-hydrogen) atoms. The van der Waals surface area contributed by atoms with Crippen LogP contribution in [0.4, 0.5) is 0 Å². The molecule has 0 radical (unpaired) electrons. The fourth-order valence-electron chi connectivity index (χ4n) is 1.33. The van der Waals surface area contributed by atoms with Crippen LogP contribution in [0.15, 0.2) is 6.20 Å². The van der Waals surface area contributed by atoms with Crippen molar-refractivity contribution in [3.63, 3.8) is 0 Å². The van der Waals surface area contributed by atoms with Gasteiger partial charge in [-0.2, -0.15) is 11.8 Å². The normalized spacial score (nSPS) is 14.4. The molecule has 0 saturated carbocycles. The Balaban J connectivity index is 2.45. The molecule has 4 nitrogen and oxygen atoms in total. The van der Waals surface area contributed by atoms with Crippen LogP contribution < -0.4 is 11.1 Å². The minimum Gasteiger partial charge on any atom is -0.346 e. The highest BCUT2D eigenvalue weighted by molar-refractivity contribution is 7.98. The van der Waals surface area contributed by atoms with Gasteiger partial charge < -0.3 is 11.1 Å². The van der Waals surface area contributed by atoms with E-state index in [4.69, 9.17) is 5.73 Å². The lowest BCUT2D eigenvalue weighted by Crippen LogP contribution is -2.41. The largest absolute Gasteiger partial charge is 0.346 e. The number of nitrogens with zero attached hydrogens (tertiary/aromatic N) is 1. The SMILES string of the molecule is CSCC[C@H](N)C(=O)NC(C)c1ncc(C)s1. The summed E-state index contributed by atoms with van der Waals surface area (Å²) in [6.07, 6.45) is 4.53. The Morgan fingerprint density at radius 3 is 2.94 bits per heavy atom. The van der Waals surface area contributed by atoms with Gasteiger partial charge in [-0.1, -0.05) is 0 Å². The van der Waals surface area contributed by atoms with Crippen molar-refractivity contribution < 1.29 is 4.79 Å². The summed E-state index contributed by atoms with van der Waals surface area (Å²) in [6.45, 7) is 3.93. The molecule has 1 aromatic rings. The standard InChI is InChI=1S/C11H19N3OS2/c1-7-6-13-11(17-7)8(2)14-10(15)9(12)4-5-16-3/h6,8-9H,4-5,12H2,1-3H3,(H,14,15)/t8?,9-/m0/s1. The minimum absolute atomic E-state index is 0.0680. The van der Waals surface area contributed by atoms with Gasteiger partial charge in [-0.05, 0) is 32.3 Å². The molecule has 1 unspecified atom stereocenters. The Morgan fingerprint density at radius 1 is 1.71 bits per heavy atom. The summed E-state index contributed by atoms with van der Waals surface area (Å²) in [5, 5.41) is 3.82. The third-order valence-electron chi connectivity index (χ3n) is 2.34. The maximum atomic E-state index is 11.8. The molecule has 6 heteroatoms. The van der Waals surface area contributed by atoms with Crippen molar-refractivity contribution in [2.24, 2.45) is 5.73 Å². The number of thioether (sulfide) groups is 1. The van der Waals surface area contributed by atoms with Crippen LogP contribution in [0.1, 0.15) is 29.3 Å². The van der Waals surface area contributed by atoms with Gasteiger partial charge in [0.05, 0.1) is 12.1 Å². The smallest absolute Gasteiger partial charge is 0.237 e. The summed E-state index contributed by atoms with van der Waals surface area (Å²) in [5.41, 5.74) is 5.79. The highest BCUT2D eigenvalue weighted by Crippen LogP contribution is 2.18. The summed E-state index contributed by atoms with van der Waals surface area (Å²) < 4.78 is 0. The van der Waals surface area contributed by atoms with Crippen molar-refractivity contribution >= 4 is 29.0 Å². The van der Waals surface area contributed by atoms with Crippen LogP contribution in [0, 0.1) is 6.92 Å². The van der Waals surface area contributed by atoms with E-state index in [-0.39, 0.29) is 11.9 Å². The average molecular weight is 273 g/mol. The summed E-state index contributed by atoms with van der Waals surface area (Å²) >= 11 is 3.29. The number of nitrogens with two attached hydrogens (primary N) is 1. The second-order valence-corrected chi connectivity index (χ2v) is 6.18. The van der Waals surface area contributed by atoms with Crippen LogP contribution in [0.25, 0.3) is 0 Å². The number of nitrogens with one attached hydrogen (secondary N) is 1. The molecule has 1 heterocycles. The van der Waals surface area contributed by atoms with Crippen LogP contribution in [0.3, 0.4) is 0 Å². The molecule has 0 fully saturated rings. The zero-order valence-electron chi connectivity index (χ0n) is 10.4. The van der Waals surface area contributed by atoms with E-state index in [1.807, 2.05) is 26.3 Å². The third kappa shape index (κ3) is 4.65. The van der Waals surface area contributed by atoms with E-state index >= 15 is 0 Å². The van der Waals surface area contributed by atoms with E-state index in [0.29, 0.717) is 6.42 Å². The highest BCUT2D eigenvalue weighted by Gasteiger charge is 2.17. The van der Waals surface area contributed by atoms with E-state index in [2.05, 4.69) is 10.3 Å². The molecule has 1 rings (SSSR count). The van der Waals surface area contributed by atoms with E-state index in [9.17, 15) is 4.79 Å². The number of amides is 1. The molecule has 96 valence electrons. The number of thiazole rings is 1. The van der Waals surface area contributed by atoms with Gasteiger partial charge in [0, 0.05) is 11.1 Å². The van der Waals surface area contributed by atoms with Crippen molar-refractivity contribution in [2.45, 2.75) is 32.4 Å². The third-order valence-corrected chi connectivity index (χ3v) is 4.08. The predicted molar refractivity (Wildman–Crippen MR) is 74.4 cm³/mol. The van der Waals surface area contributed by atoms with E-state index in [1.165, 1.54) is 0 Å². The molecule has 1 aromatic heterocycles. The molecule has 0 bridgehead atoms. The molecule has 1 amide bonds. The maximum absolute atomic E-state index is 11.8. The Morgan fingerprint density at radius 2 is 2.41 bits per heavy atom. The van der Waals surface area contributed by atoms with E-state index in [1.54, 1.807) is 23.1 Å². The van der Waals surface area contributed by atoms with Gasteiger partial charge in [0.1, 0.15) is 5.01 Å². The Bertz CT molecular complexity index is 367. The Labute approximate surface area is 110 Å². The van der Waals surface area contributed by atoms with Gasteiger partial charge in [-0.15, -0.1) is 11.3 Å². The predicted octanol–water partition coefficient (Wildman–Crippen LogP) is 1.71. The highest BCUT2D eigenvalue weighted by atomic mass is 32.2. The zero-order valence-corrected chi connectivity index (χ0v) is 12.0. The first-order valence-electron chi connectivity index (χ1n) is 5.51. The van der Waals surface area contributed by atoms with E-state index < -0.39 is 6.04 Å². The molecular formula is C11H19N3OS2. The molecule has 0 spiro atoms. The first-order chi connectivity index (χ1) is 8.04. The zero-order chi connectivity index (χ0) is 12.8. The number of hydrogen-bond donors (Lipinski definition) is 2. The molecular weight excluding hydrogens is 254 g/mol. The molecule has 0 aliphatic rings. The van der Waals surface area contributed by atoms with Crippen molar-refractivity contribution in [1.29, 1.82) is 0 Å². The Kier molecular flexibility index (Phi) is 5.94. The van der Waals surface area contributed by atoms with Crippen LogP contribution in [0.2, 0.25) is 0 Å². The number of aryl methyl sites for hydroxylation is 1. The monoisotopic (exact) mass is 273 g/mol. The summed E-state index contributed by atoms with van der Waals surface area (Å²) in [5.74, 6) is 0.804. The van der Waals surface area contributed by atoms with Gasteiger partial charge in [0.2, 0.25) is 5.91 Å². The fraction of sp³-hybridized carbons (Fsp3) is 0.636. The fourth-order valence-corrected chi connectivity index (χ4v) is 2.60. The van der Waals surface area contributed by atoms with Gasteiger partial charge in [0.25, 0.3) is 0 Å². The summed E-state index contributed by atoms with van der Waals surface area (Å²) in [4.78, 5) is 17.2. The van der Waals surface area contributed by atoms with Crippen LogP contribution in [0.5, 0.6) is 0 Å². The van der Waals surface area contributed by atoms with E-state index in [0.717, 1.165) is 15.6 Å². The second-order valence-electron chi connectivity index (χ2n) is 3.93. The van der Waals surface area contributed by atoms with Gasteiger partial charge in [-0.25, -0.2) is 4.98 Å². The summed E-state index contributed by atoms with van der Waals surface area (Å²) in [6, 6.07) is -0.493. The lowest BCUT2D eigenvalue weighted by Gasteiger charge is -2.15. The van der Waals surface area contributed by atoms with Gasteiger partial charge in [-0.3, -0.25) is 4.79 Å². The van der Waals surface area contributed by atoms with Crippen LogP contribution in [-0.4, -0.2) is 28.9 Å². The summed E-state index contributed by atoms with van der Waals surface area (Å²) in [7, 11) is 0. The van der Waals surface area contributed by atoms with Crippen LogP contribution in [-0.2, 0) is 4.79 Å². The van der Waals surface area contributed by atoms with Crippen molar-refractivity contribution in [1.82, 2.24) is 10.3 Å². The maximum Gasteiger partial charge on any atom is 0.237 e. The number of hydrogen-bond acceptors (Lipinski definition) is 5. The molecule has 3 N–H and O–H groups in total. The van der Waals surface area contributed by atoms with Crippen molar-refractivity contribution in [3.05, 3.63) is 16.1 Å². The van der Waals surface area contributed by atoms with Crippen LogP contribution >= 0.6 is 23.1 Å². The molecule has 0 aromatic carbocycles. The lowest BCUT2D eigenvalue weighted by molar-refractivity contribution is -0.123. The molecule has 2 atom stereocenters. The lowest BCUT2D eigenvalue weighted by atomic mass is 10.2. The average Bonchev–Trinajstić information content (AvgIpc) is 2.72. The van der Waals surface area contributed by atoms with Gasteiger partial charge in [0.15, 0.2) is 0 Å². The minimum atomic E-state index is -0.425. The quantitative estimate of drug-likeness (QED) is 0.828.